The Morgan fingerprint density at radius 3 is 2.33 bits per heavy atom. The van der Waals surface area contributed by atoms with Crippen LogP contribution >= 0.6 is 0 Å². The van der Waals surface area contributed by atoms with Crippen LogP contribution in [-0.4, -0.2) is 9.97 Å². The molecule has 5 nitrogen and oxygen atoms in total. The molecule has 2 aromatic rings. The van der Waals surface area contributed by atoms with Crippen LogP contribution in [0.25, 0.3) is 0 Å². The SMILES string of the molecule is Cc1c(NN)ncnc1Nc1c(F)cccc1F. The van der Waals surface area contributed by atoms with Gasteiger partial charge in [0, 0.05) is 5.56 Å². The molecule has 2 rings (SSSR count). The monoisotopic (exact) mass is 251 g/mol. The number of hydrogen-bond acceptors (Lipinski definition) is 5. The maximum absolute atomic E-state index is 13.5. The van der Waals surface area contributed by atoms with Gasteiger partial charge >= 0.3 is 0 Å². The minimum Gasteiger partial charge on any atom is -0.335 e. The summed E-state index contributed by atoms with van der Waals surface area (Å²) in [6.45, 7) is 1.68. The molecule has 0 saturated carbocycles. The normalized spacial score (nSPS) is 10.2. The highest BCUT2D eigenvalue weighted by Gasteiger charge is 2.12. The fraction of sp³-hybridized carbons (Fsp3) is 0.0909. The average Bonchev–Trinajstić information content (AvgIpc) is 2.36. The Bertz CT molecular complexity index is 553. The first kappa shape index (κ1) is 12.2. The number of anilines is 3. The van der Waals surface area contributed by atoms with Crippen molar-refractivity contribution in [3.63, 3.8) is 0 Å². The van der Waals surface area contributed by atoms with Crippen LogP contribution in [0.2, 0.25) is 0 Å². The van der Waals surface area contributed by atoms with E-state index in [9.17, 15) is 8.78 Å². The van der Waals surface area contributed by atoms with Gasteiger partial charge in [0.05, 0.1) is 0 Å². The molecule has 1 heterocycles. The maximum atomic E-state index is 13.5. The molecule has 18 heavy (non-hydrogen) atoms. The highest BCUT2D eigenvalue weighted by molar-refractivity contribution is 5.64. The second-order valence-electron chi connectivity index (χ2n) is 3.56. The summed E-state index contributed by atoms with van der Waals surface area (Å²) in [5.74, 6) is 4.52. The fourth-order valence-electron chi connectivity index (χ4n) is 1.46. The van der Waals surface area contributed by atoms with E-state index in [0.29, 0.717) is 11.4 Å². The van der Waals surface area contributed by atoms with Crippen LogP contribution in [-0.2, 0) is 0 Å². The van der Waals surface area contributed by atoms with Crippen LogP contribution in [0.4, 0.5) is 26.1 Å². The number of halogens is 2. The van der Waals surface area contributed by atoms with Crippen molar-refractivity contribution >= 4 is 17.3 Å². The highest BCUT2D eigenvalue weighted by atomic mass is 19.1. The van der Waals surface area contributed by atoms with E-state index in [0.717, 1.165) is 12.1 Å². The van der Waals surface area contributed by atoms with Gasteiger partial charge in [0.15, 0.2) is 0 Å². The molecule has 1 aromatic heterocycles. The Kier molecular flexibility index (Phi) is 3.33. The molecule has 0 aliphatic heterocycles. The quantitative estimate of drug-likeness (QED) is 0.575. The van der Waals surface area contributed by atoms with E-state index in [4.69, 9.17) is 5.84 Å². The molecule has 0 unspecified atom stereocenters. The van der Waals surface area contributed by atoms with Gasteiger partial charge in [0.25, 0.3) is 0 Å². The number of benzene rings is 1. The Morgan fingerprint density at radius 2 is 1.72 bits per heavy atom. The second kappa shape index (κ2) is 4.92. The number of nitrogens with one attached hydrogen (secondary N) is 2. The highest BCUT2D eigenvalue weighted by Crippen LogP contribution is 2.25. The number of para-hydroxylation sites is 1. The van der Waals surface area contributed by atoms with E-state index in [-0.39, 0.29) is 11.5 Å². The first-order chi connectivity index (χ1) is 8.63. The Labute approximate surface area is 102 Å². The van der Waals surface area contributed by atoms with Gasteiger partial charge in [0.1, 0.15) is 35.3 Å². The van der Waals surface area contributed by atoms with Gasteiger partial charge in [-0.25, -0.2) is 24.6 Å². The number of nitrogens with zero attached hydrogens (tertiary/aromatic N) is 2. The van der Waals surface area contributed by atoms with Gasteiger partial charge in [-0.3, -0.25) is 0 Å². The van der Waals surface area contributed by atoms with Crippen molar-refractivity contribution in [2.45, 2.75) is 6.92 Å². The molecule has 0 aliphatic carbocycles. The summed E-state index contributed by atoms with van der Waals surface area (Å²) in [5.41, 5.74) is 2.67. The summed E-state index contributed by atoms with van der Waals surface area (Å²) in [7, 11) is 0. The smallest absolute Gasteiger partial charge is 0.149 e. The first-order valence-electron chi connectivity index (χ1n) is 5.12. The van der Waals surface area contributed by atoms with Crippen LogP contribution in [0.5, 0.6) is 0 Å². The van der Waals surface area contributed by atoms with Crippen LogP contribution in [0.1, 0.15) is 5.56 Å². The van der Waals surface area contributed by atoms with Gasteiger partial charge in [-0.05, 0) is 19.1 Å². The predicted octanol–water partition coefficient (Wildman–Crippen LogP) is 2.09. The molecule has 1 aromatic carbocycles. The zero-order chi connectivity index (χ0) is 13.1. The topological polar surface area (TPSA) is 75.9 Å². The van der Waals surface area contributed by atoms with Crippen LogP contribution in [0.3, 0.4) is 0 Å². The third kappa shape index (κ3) is 2.21. The molecule has 0 fully saturated rings. The van der Waals surface area contributed by atoms with Crippen LogP contribution in [0.15, 0.2) is 24.5 Å². The average molecular weight is 251 g/mol. The lowest BCUT2D eigenvalue weighted by Crippen LogP contribution is -2.12. The molecule has 0 bridgehead atoms. The molecule has 0 radical (unpaired) electrons. The van der Waals surface area contributed by atoms with E-state index in [1.54, 1.807) is 6.92 Å². The molecular formula is C11H11F2N5. The lowest BCUT2D eigenvalue weighted by molar-refractivity contribution is 0.590. The first-order valence-corrected chi connectivity index (χ1v) is 5.12. The summed E-state index contributed by atoms with van der Waals surface area (Å²) >= 11 is 0. The molecule has 4 N–H and O–H groups in total. The van der Waals surface area contributed by atoms with Crippen molar-refractivity contribution in [1.82, 2.24) is 9.97 Å². The van der Waals surface area contributed by atoms with E-state index in [2.05, 4.69) is 20.7 Å². The van der Waals surface area contributed by atoms with Gasteiger partial charge in [-0.15, -0.1) is 0 Å². The summed E-state index contributed by atoms with van der Waals surface area (Å²) < 4.78 is 26.9. The number of rotatable bonds is 3. The molecule has 94 valence electrons. The summed E-state index contributed by atoms with van der Waals surface area (Å²) in [5, 5.41) is 2.59. The van der Waals surface area contributed by atoms with E-state index >= 15 is 0 Å². The summed E-state index contributed by atoms with van der Waals surface area (Å²) in [6.07, 6.45) is 1.24. The standard InChI is InChI=1S/C11H11F2N5/c1-6-10(15-5-16-11(6)18-14)17-9-7(12)3-2-4-8(9)13/h2-5H,14H2,1H3,(H2,15,16,17,18). The lowest BCUT2D eigenvalue weighted by atomic mass is 10.2. The number of hydrazine groups is 1. The van der Waals surface area contributed by atoms with Gasteiger partial charge in [-0.1, -0.05) is 6.07 Å². The number of nitrogens with two attached hydrogens (primary N) is 1. The Morgan fingerprint density at radius 1 is 1.11 bits per heavy atom. The van der Waals surface area contributed by atoms with E-state index < -0.39 is 11.6 Å². The zero-order valence-electron chi connectivity index (χ0n) is 9.54. The predicted molar refractivity (Wildman–Crippen MR) is 64.2 cm³/mol. The van der Waals surface area contributed by atoms with E-state index in [1.807, 2.05) is 0 Å². The molecular weight excluding hydrogens is 240 g/mol. The molecule has 7 heteroatoms. The van der Waals surface area contributed by atoms with Crippen molar-refractivity contribution in [3.8, 4) is 0 Å². The largest absolute Gasteiger partial charge is 0.335 e. The van der Waals surface area contributed by atoms with Crippen LogP contribution in [0, 0.1) is 18.6 Å². The van der Waals surface area contributed by atoms with Gasteiger partial charge in [0.2, 0.25) is 0 Å². The third-order valence-electron chi connectivity index (χ3n) is 2.43. The molecule has 0 spiro atoms. The van der Waals surface area contributed by atoms with Crippen molar-refractivity contribution in [3.05, 3.63) is 41.7 Å². The van der Waals surface area contributed by atoms with Crippen molar-refractivity contribution in [1.29, 1.82) is 0 Å². The fourth-order valence-corrected chi connectivity index (χ4v) is 1.46. The molecule has 0 atom stereocenters. The minimum absolute atomic E-state index is 0.262. The Balaban J connectivity index is 2.40. The van der Waals surface area contributed by atoms with E-state index in [1.165, 1.54) is 12.4 Å². The minimum atomic E-state index is -0.699. The third-order valence-corrected chi connectivity index (χ3v) is 2.43. The molecule has 0 amide bonds. The number of aromatic nitrogens is 2. The Hall–Kier alpha value is -2.28. The van der Waals surface area contributed by atoms with Crippen molar-refractivity contribution in [2.75, 3.05) is 10.7 Å². The van der Waals surface area contributed by atoms with Gasteiger partial charge in [-0.2, -0.15) is 0 Å². The zero-order valence-corrected chi connectivity index (χ0v) is 9.54. The van der Waals surface area contributed by atoms with Gasteiger partial charge < -0.3 is 10.7 Å². The van der Waals surface area contributed by atoms with Crippen LogP contribution < -0.4 is 16.6 Å². The lowest BCUT2D eigenvalue weighted by Gasteiger charge is -2.11. The van der Waals surface area contributed by atoms with Crippen molar-refractivity contribution in [2.24, 2.45) is 5.84 Å². The summed E-state index contributed by atoms with van der Waals surface area (Å²) in [6, 6.07) is 3.60. The molecule has 0 saturated heterocycles. The maximum Gasteiger partial charge on any atom is 0.149 e. The second-order valence-corrected chi connectivity index (χ2v) is 3.56. The van der Waals surface area contributed by atoms with Crippen molar-refractivity contribution < 1.29 is 8.78 Å². The number of nitrogen functional groups attached to an aromatic ring is 1. The summed E-state index contributed by atoms with van der Waals surface area (Å²) in [4.78, 5) is 7.78. The molecule has 0 aliphatic rings. The number of hydrogen-bond donors (Lipinski definition) is 3.